The van der Waals surface area contributed by atoms with Crippen molar-refractivity contribution in [1.82, 2.24) is 43.9 Å². The number of unbranched alkanes of at least 4 members (excludes halogenated alkanes) is 1. The Labute approximate surface area is 202 Å². The van der Waals surface area contributed by atoms with Gasteiger partial charge in [0, 0.05) is 26.2 Å². The molecule has 0 saturated heterocycles. The lowest BCUT2D eigenvalue weighted by Crippen LogP contribution is -2.39. The molecule has 0 aliphatic carbocycles. The number of nitrogen functional groups attached to an aromatic ring is 1. The molecule has 0 spiro atoms. The minimum atomic E-state index is -0.647. The summed E-state index contributed by atoms with van der Waals surface area (Å²) >= 11 is 0. The van der Waals surface area contributed by atoms with Gasteiger partial charge < -0.3 is 11.5 Å². The average Bonchev–Trinajstić information content (AvgIpc) is 2.82. The Morgan fingerprint density at radius 2 is 1.36 bits per heavy atom. The van der Waals surface area contributed by atoms with E-state index in [0.717, 1.165) is 12.8 Å². The molecule has 4 heterocycles. The van der Waals surface area contributed by atoms with Crippen LogP contribution in [0, 0.1) is 6.92 Å². The van der Waals surface area contributed by atoms with Gasteiger partial charge in [-0.3, -0.25) is 33.6 Å². The van der Waals surface area contributed by atoms with E-state index in [1.165, 1.54) is 21.8 Å². The molecule has 6 N–H and O–H groups in total. The predicted molar refractivity (Wildman–Crippen MR) is 133 cm³/mol. The maximum Gasteiger partial charge on any atom is 0.330 e. The first-order chi connectivity index (χ1) is 17.3. The van der Waals surface area contributed by atoms with Gasteiger partial charge in [0.15, 0.2) is 11.3 Å². The Morgan fingerprint density at radius 3 is 1.97 bits per heavy atom. The molecular formula is C21H27N11O4. The van der Waals surface area contributed by atoms with Gasteiger partial charge in [0.2, 0.25) is 0 Å². The SMILES string of the molecule is Cc1ncnc2c1c(=O)[nH]c(=O)n2CCN(CCCCN)CCn1c(=O)[nH]c(=O)c2c(N)ncnc21. The Hall–Kier alpha value is -4.24. The number of rotatable bonds is 10. The van der Waals surface area contributed by atoms with E-state index in [2.05, 4.69) is 34.8 Å². The molecule has 0 fully saturated rings. The first kappa shape index (κ1) is 24.9. The van der Waals surface area contributed by atoms with Crippen molar-refractivity contribution in [2.24, 2.45) is 5.73 Å². The van der Waals surface area contributed by atoms with E-state index >= 15 is 0 Å². The third-order valence-corrected chi connectivity index (χ3v) is 5.98. The Morgan fingerprint density at radius 1 is 0.806 bits per heavy atom. The van der Waals surface area contributed by atoms with Crippen molar-refractivity contribution in [3.8, 4) is 0 Å². The topological polar surface area (TPSA) is 217 Å². The number of nitrogens with one attached hydrogen (secondary N) is 2. The van der Waals surface area contributed by atoms with E-state index in [4.69, 9.17) is 11.5 Å². The molecule has 36 heavy (non-hydrogen) atoms. The van der Waals surface area contributed by atoms with Crippen LogP contribution in [0.1, 0.15) is 18.5 Å². The smallest absolute Gasteiger partial charge is 0.330 e. The predicted octanol–water partition coefficient (Wildman–Crippen LogP) is -2.10. The molecule has 190 valence electrons. The maximum absolute atomic E-state index is 12.6. The van der Waals surface area contributed by atoms with Crippen molar-refractivity contribution < 1.29 is 0 Å². The molecule has 0 unspecified atom stereocenters. The van der Waals surface area contributed by atoms with Crippen molar-refractivity contribution in [1.29, 1.82) is 0 Å². The number of fused-ring (bicyclic) bond motifs is 2. The maximum atomic E-state index is 12.6. The van der Waals surface area contributed by atoms with Gasteiger partial charge in [0.05, 0.1) is 5.69 Å². The molecule has 4 rings (SSSR count). The highest BCUT2D eigenvalue weighted by Gasteiger charge is 2.16. The van der Waals surface area contributed by atoms with Crippen LogP contribution < -0.4 is 34.0 Å². The second kappa shape index (κ2) is 10.6. The van der Waals surface area contributed by atoms with Crippen molar-refractivity contribution in [3.05, 3.63) is 60.0 Å². The number of nitrogens with two attached hydrogens (primary N) is 2. The van der Waals surface area contributed by atoms with E-state index in [1.54, 1.807) is 6.92 Å². The molecule has 15 nitrogen and oxygen atoms in total. The highest BCUT2D eigenvalue weighted by molar-refractivity contribution is 5.84. The molecule has 15 heteroatoms. The van der Waals surface area contributed by atoms with Crippen LogP contribution in [0.5, 0.6) is 0 Å². The van der Waals surface area contributed by atoms with Gasteiger partial charge in [0.1, 0.15) is 29.2 Å². The third-order valence-electron chi connectivity index (χ3n) is 5.98. The lowest BCUT2D eigenvalue weighted by molar-refractivity contribution is 0.247. The summed E-state index contributed by atoms with van der Waals surface area (Å²) in [5.74, 6) is -0.0172. The zero-order valence-electron chi connectivity index (χ0n) is 19.7. The highest BCUT2D eigenvalue weighted by Crippen LogP contribution is 2.10. The molecule has 4 aromatic heterocycles. The van der Waals surface area contributed by atoms with Crippen LogP contribution in [0.25, 0.3) is 22.1 Å². The molecule has 0 aliphatic heterocycles. The number of nitrogens with zero attached hydrogens (tertiary/aromatic N) is 7. The van der Waals surface area contributed by atoms with Crippen molar-refractivity contribution in [2.75, 3.05) is 31.9 Å². The number of aromatic amines is 2. The van der Waals surface area contributed by atoms with Crippen LogP contribution in [0.2, 0.25) is 0 Å². The molecule has 0 amide bonds. The second-order valence-corrected chi connectivity index (χ2v) is 8.27. The summed E-state index contributed by atoms with van der Waals surface area (Å²) in [6.45, 7) is 4.12. The monoisotopic (exact) mass is 497 g/mol. The zero-order valence-corrected chi connectivity index (χ0v) is 19.7. The summed E-state index contributed by atoms with van der Waals surface area (Å²) < 4.78 is 2.74. The molecule has 0 bridgehead atoms. The minimum absolute atomic E-state index is 0.0172. The van der Waals surface area contributed by atoms with Crippen molar-refractivity contribution >= 4 is 27.9 Å². The van der Waals surface area contributed by atoms with E-state index in [9.17, 15) is 19.2 Å². The normalized spacial score (nSPS) is 11.6. The van der Waals surface area contributed by atoms with E-state index < -0.39 is 22.5 Å². The second-order valence-electron chi connectivity index (χ2n) is 8.27. The van der Waals surface area contributed by atoms with Crippen LogP contribution in [-0.4, -0.2) is 70.1 Å². The minimum Gasteiger partial charge on any atom is -0.383 e. The van der Waals surface area contributed by atoms with Crippen molar-refractivity contribution in [2.45, 2.75) is 32.9 Å². The molecule has 0 radical (unpaired) electrons. The van der Waals surface area contributed by atoms with Gasteiger partial charge in [-0.05, 0) is 32.9 Å². The number of H-pyrrole nitrogens is 2. The average molecular weight is 498 g/mol. The first-order valence-electron chi connectivity index (χ1n) is 11.4. The molecular weight excluding hydrogens is 470 g/mol. The Bertz CT molecular complexity index is 1520. The number of aromatic nitrogens is 8. The fourth-order valence-corrected chi connectivity index (χ4v) is 4.10. The number of anilines is 1. The van der Waals surface area contributed by atoms with E-state index in [0.29, 0.717) is 31.9 Å². The Kier molecular flexibility index (Phi) is 7.30. The van der Waals surface area contributed by atoms with Gasteiger partial charge in [-0.2, -0.15) is 0 Å². The van der Waals surface area contributed by atoms with Gasteiger partial charge >= 0.3 is 11.4 Å². The third kappa shape index (κ3) is 4.92. The fourth-order valence-electron chi connectivity index (χ4n) is 4.10. The molecule has 0 atom stereocenters. The van der Waals surface area contributed by atoms with Crippen LogP contribution >= 0.6 is 0 Å². The summed E-state index contributed by atoms with van der Waals surface area (Å²) in [7, 11) is 0. The zero-order chi connectivity index (χ0) is 25.8. The summed E-state index contributed by atoms with van der Waals surface area (Å²) in [4.78, 5) is 72.4. The lowest BCUT2D eigenvalue weighted by Gasteiger charge is -2.23. The summed E-state index contributed by atoms with van der Waals surface area (Å²) in [5.41, 5.74) is 10.00. The summed E-state index contributed by atoms with van der Waals surface area (Å²) in [6.07, 6.45) is 4.11. The highest BCUT2D eigenvalue weighted by atomic mass is 16.2. The van der Waals surface area contributed by atoms with E-state index in [1.807, 2.05) is 0 Å². The Balaban J connectivity index is 1.61. The number of hydrogen-bond acceptors (Lipinski definition) is 11. The number of aryl methyl sites for hydroxylation is 1. The quantitative estimate of drug-likeness (QED) is 0.174. The van der Waals surface area contributed by atoms with Crippen molar-refractivity contribution in [3.63, 3.8) is 0 Å². The van der Waals surface area contributed by atoms with Crippen LogP contribution in [0.15, 0.2) is 31.8 Å². The summed E-state index contributed by atoms with van der Waals surface area (Å²) in [5, 5.41) is 0.309. The van der Waals surface area contributed by atoms with Crippen LogP contribution in [0.3, 0.4) is 0 Å². The van der Waals surface area contributed by atoms with E-state index in [-0.39, 0.29) is 41.0 Å². The molecule has 4 aromatic rings. The van der Waals surface area contributed by atoms with Crippen LogP contribution in [-0.2, 0) is 13.1 Å². The first-order valence-corrected chi connectivity index (χ1v) is 11.4. The molecule has 0 aliphatic rings. The van der Waals surface area contributed by atoms with Crippen LogP contribution in [0.4, 0.5) is 5.82 Å². The van der Waals surface area contributed by atoms with Gasteiger partial charge in [-0.1, -0.05) is 0 Å². The standard InChI is InChI=1S/C21H27N11O4/c1-12-13-16(26-10-24-12)31(20(35)28-18(13)33)8-6-30(5-3-2-4-22)7-9-32-17-14(15(23)25-11-27-17)19(34)29-21(32)36/h10-11H,2-9,22H2,1H3,(H2,23,25,27)(H,28,33,35)(H,29,34,36). The molecule has 0 saturated carbocycles. The molecule has 0 aromatic carbocycles. The fraction of sp³-hybridized carbons (Fsp3) is 0.429. The number of hydrogen-bond donors (Lipinski definition) is 4. The largest absolute Gasteiger partial charge is 0.383 e. The lowest BCUT2D eigenvalue weighted by atomic mass is 10.2. The van der Waals surface area contributed by atoms with Gasteiger partial charge in [-0.25, -0.2) is 29.5 Å². The van der Waals surface area contributed by atoms with Gasteiger partial charge in [-0.15, -0.1) is 0 Å². The van der Waals surface area contributed by atoms with Gasteiger partial charge in [0.25, 0.3) is 11.1 Å². The summed E-state index contributed by atoms with van der Waals surface area (Å²) in [6, 6.07) is 0.